The molecule has 39 heavy (non-hydrogen) atoms. The van der Waals surface area contributed by atoms with Gasteiger partial charge in [0.05, 0.1) is 19.8 Å². The van der Waals surface area contributed by atoms with Gasteiger partial charge in [-0.3, -0.25) is 0 Å². The molecule has 1 spiro atoms. The number of aliphatic hydroxyl groups is 1. The Hall–Kier alpha value is -2.06. The molecule has 0 aromatic heterocycles. The molecule has 9 atom stereocenters. The van der Waals surface area contributed by atoms with Crippen molar-refractivity contribution >= 4 is 0 Å². The third-order valence-electron chi connectivity index (χ3n) is 10.4. The predicted octanol–water partition coefficient (Wildman–Crippen LogP) is 5.43. The molecule has 1 heterocycles. The molecule has 1 unspecified atom stereocenters. The van der Waals surface area contributed by atoms with E-state index in [4.69, 9.17) is 23.7 Å². The fourth-order valence-electron chi connectivity index (χ4n) is 7.70. The molecule has 4 fully saturated rings. The molecule has 6 heteroatoms. The first-order chi connectivity index (χ1) is 18.8. The fourth-order valence-corrected chi connectivity index (χ4v) is 7.70. The van der Waals surface area contributed by atoms with E-state index in [1.807, 2.05) is 60.7 Å². The molecular formula is C33H42O6. The van der Waals surface area contributed by atoms with Gasteiger partial charge in [-0.15, -0.1) is 6.58 Å². The summed E-state index contributed by atoms with van der Waals surface area (Å²) >= 11 is 0. The molecule has 210 valence electrons. The van der Waals surface area contributed by atoms with Crippen molar-refractivity contribution in [2.24, 2.45) is 16.7 Å². The average molecular weight is 535 g/mol. The van der Waals surface area contributed by atoms with Crippen LogP contribution in [0, 0.1) is 16.7 Å². The van der Waals surface area contributed by atoms with Crippen molar-refractivity contribution in [1.82, 2.24) is 0 Å². The third kappa shape index (κ3) is 4.41. The molecule has 3 aliphatic carbocycles. The van der Waals surface area contributed by atoms with Gasteiger partial charge >= 0.3 is 0 Å². The van der Waals surface area contributed by atoms with Gasteiger partial charge < -0.3 is 28.8 Å². The van der Waals surface area contributed by atoms with Crippen LogP contribution in [0.3, 0.4) is 0 Å². The van der Waals surface area contributed by atoms with Crippen LogP contribution in [0.25, 0.3) is 0 Å². The van der Waals surface area contributed by atoms with Crippen molar-refractivity contribution in [3.05, 3.63) is 84.4 Å². The smallest absolute Gasteiger partial charge is 0.175 e. The molecule has 2 aromatic carbocycles. The van der Waals surface area contributed by atoms with Crippen LogP contribution in [0.5, 0.6) is 0 Å². The van der Waals surface area contributed by atoms with Gasteiger partial charge in [-0.1, -0.05) is 87.5 Å². The highest BCUT2D eigenvalue weighted by molar-refractivity contribution is 5.20. The largest absolute Gasteiger partial charge is 0.387 e. The predicted molar refractivity (Wildman–Crippen MR) is 148 cm³/mol. The zero-order valence-electron chi connectivity index (χ0n) is 23.3. The van der Waals surface area contributed by atoms with E-state index in [0.29, 0.717) is 25.7 Å². The Morgan fingerprint density at radius 2 is 1.41 bits per heavy atom. The molecule has 4 aliphatic rings. The molecule has 6 rings (SSSR count). The van der Waals surface area contributed by atoms with Gasteiger partial charge in [0.25, 0.3) is 0 Å². The lowest BCUT2D eigenvalue weighted by Crippen LogP contribution is -2.64. The Balaban J connectivity index is 1.33. The van der Waals surface area contributed by atoms with Crippen LogP contribution in [0.2, 0.25) is 0 Å². The maximum atomic E-state index is 11.8. The van der Waals surface area contributed by atoms with Crippen LogP contribution >= 0.6 is 0 Å². The first-order valence-electron chi connectivity index (χ1n) is 14.4. The molecule has 1 N–H and O–H groups in total. The molecule has 0 amide bonds. The minimum atomic E-state index is -0.966. The van der Waals surface area contributed by atoms with Crippen LogP contribution in [0.4, 0.5) is 0 Å². The minimum absolute atomic E-state index is 0.0835. The van der Waals surface area contributed by atoms with Crippen LogP contribution in [-0.4, -0.2) is 54.1 Å². The zero-order valence-corrected chi connectivity index (χ0v) is 23.3. The lowest BCUT2D eigenvalue weighted by Gasteiger charge is -2.45. The number of hydrogen-bond donors (Lipinski definition) is 1. The van der Waals surface area contributed by atoms with E-state index in [9.17, 15) is 5.11 Å². The van der Waals surface area contributed by atoms with E-state index < -0.39 is 42.4 Å². The molecule has 1 aliphatic heterocycles. The summed E-state index contributed by atoms with van der Waals surface area (Å²) in [5.41, 5.74) is 1.99. The second-order valence-electron chi connectivity index (χ2n) is 12.5. The average Bonchev–Trinajstić information content (AvgIpc) is 3.48. The summed E-state index contributed by atoms with van der Waals surface area (Å²) in [6.07, 6.45) is 1.08. The molecule has 6 nitrogen and oxygen atoms in total. The van der Waals surface area contributed by atoms with Crippen molar-refractivity contribution in [3.8, 4) is 0 Å². The molecule has 1 saturated heterocycles. The second-order valence-corrected chi connectivity index (χ2v) is 12.5. The number of ether oxygens (including phenoxy) is 5. The first-order valence-corrected chi connectivity index (χ1v) is 14.4. The second kappa shape index (κ2) is 10.4. The highest BCUT2D eigenvalue weighted by Gasteiger charge is 2.76. The van der Waals surface area contributed by atoms with Gasteiger partial charge in [0.1, 0.15) is 36.6 Å². The summed E-state index contributed by atoms with van der Waals surface area (Å²) in [5.74, 6) is -0.221. The fraction of sp³-hybridized carbons (Fsp3) is 0.576. The van der Waals surface area contributed by atoms with Gasteiger partial charge in [-0.25, -0.2) is 0 Å². The highest BCUT2D eigenvalue weighted by atomic mass is 16.8. The topological polar surface area (TPSA) is 66.4 Å². The Labute approximate surface area is 232 Å². The van der Waals surface area contributed by atoms with E-state index >= 15 is 0 Å². The van der Waals surface area contributed by atoms with Gasteiger partial charge in [0, 0.05) is 11.8 Å². The first kappa shape index (κ1) is 27.1. The summed E-state index contributed by atoms with van der Waals surface area (Å²) in [7, 11) is 0. The van der Waals surface area contributed by atoms with E-state index in [2.05, 4.69) is 27.4 Å². The summed E-state index contributed by atoms with van der Waals surface area (Å²) < 4.78 is 33.3. The summed E-state index contributed by atoms with van der Waals surface area (Å²) in [6, 6.07) is 20.0. The van der Waals surface area contributed by atoms with Crippen molar-refractivity contribution in [1.29, 1.82) is 0 Å². The van der Waals surface area contributed by atoms with Gasteiger partial charge in [0.15, 0.2) is 5.79 Å². The molecule has 2 bridgehead atoms. The Morgan fingerprint density at radius 1 is 0.846 bits per heavy atom. The van der Waals surface area contributed by atoms with E-state index in [1.54, 1.807) is 6.08 Å². The lowest BCUT2D eigenvalue weighted by molar-refractivity contribution is -0.258. The number of aliphatic hydroxyl groups excluding tert-OH is 1. The Kier molecular flexibility index (Phi) is 7.24. The van der Waals surface area contributed by atoms with Crippen LogP contribution in [-0.2, 0) is 36.9 Å². The SMILES string of the molecule is C=CCO[C@H]1[C@@H]2OC3(C[C@H]4CC[C@]3(C)C4(C)C)O[C@H]2[C@@H](OCc2ccccc2)[C@@H](O)[C@@H]1OCc1ccccc1. The van der Waals surface area contributed by atoms with Crippen LogP contribution in [0.1, 0.15) is 51.2 Å². The van der Waals surface area contributed by atoms with Crippen molar-refractivity contribution in [2.75, 3.05) is 6.61 Å². The maximum absolute atomic E-state index is 11.8. The summed E-state index contributed by atoms with van der Waals surface area (Å²) in [4.78, 5) is 0. The standard InChI is InChI=1S/C33H42O6/c1-5-18-35-28-26(36-20-22-12-8-6-9-13-22)25(34)27(37-21-23-14-10-7-11-15-23)29-30(28)39-33(38-29)19-24-16-17-32(33,4)31(24,2)3/h5-15,24-30,34H,1,16-21H2,2-4H3/t24-,25+,26+,27+,28-,29+,30+,32-,33?/m1/s1. The molecule has 2 aromatic rings. The molecule has 0 radical (unpaired) electrons. The number of fused-ring (bicyclic) bond motifs is 4. The molecule has 3 saturated carbocycles. The van der Waals surface area contributed by atoms with Gasteiger partial charge in [-0.05, 0) is 35.3 Å². The summed E-state index contributed by atoms with van der Waals surface area (Å²) in [5, 5.41) is 11.8. The highest BCUT2D eigenvalue weighted by Crippen LogP contribution is 2.73. The van der Waals surface area contributed by atoms with E-state index in [-0.39, 0.29) is 10.8 Å². The Morgan fingerprint density at radius 3 is 1.92 bits per heavy atom. The normalized spacial score (nSPS) is 40.2. The number of rotatable bonds is 9. The van der Waals surface area contributed by atoms with Crippen molar-refractivity contribution < 1.29 is 28.8 Å². The van der Waals surface area contributed by atoms with Gasteiger partial charge in [0.2, 0.25) is 0 Å². The van der Waals surface area contributed by atoms with E-state index in [0.717, 1.165) is 24.0 Å². The number of hydrogen-bond acceptors (Lipinski definition) is 6. The van der Waals surface area contributed by atoms with Crippen molar-refractivity contribution in [3.63, 3.8) is 0 Å². The maximum Gasteiger partial charge on any atom is 0.175 e. The quantitative estimate of drug-likeness (QED) is 0.433. The monoisotopic (exact) mass is 534 g/mol. The van der Waals surface area contributed by atoms with Crippen molar-refractivity contribution in [2.45, 2.75) is 95.7 Å². The van der Waals surface area contributed by atoms with Gasteiger partial charge in [-0.2, -0.15) is 0 Å². The van der Waals surface area contributed by atoms with Crippen LogP contribution < -0.4 is 0 Å². The zero-order chi connectivity index (χ0) is 27.3. The Bertz CT molecular complexity index is 1140. The molecular weight excluding hydrogens is 492 g/mol. The number of benzene rings is 2. The lowest BCUT2D eigenvalue weighted by atomic mass is 9.68. The van der Waals surface area contributed by atoms with Crippen LogP contribution in [0.15, 0.2) is 73.3 Å². The minimum Gasteiger partial charge on any atom is -0.387 e. The summed E-state index contributed by atoms with van der Waals surface area (Å²) in [6.45, 7) is 11.9. The van der Waals surface area contributed by atoms with E-state index in [1.165, 1.54) is 6.42 Å². The third-order valence-corrected chi connectivity index (χ3v) is 10.4.